The fourth-order valence-electron chi connectivity index (χ4n) is 3.49. The summed E-state index contributed by atoms with van der Waals surface area (Å²) in [5.74, 6) is -0.491. The van der Waals surface area contributed by atoms with Gasteiger partial charge in [0, 0.05) is 19.0 Å². The molecular weight excluding hydrogens is 242 g/mol. The maximum Gasteiger partial charge on any atom is 0.308 e. The lowest BCUT2D eigenvalue weighted by molar-refractivity contribution is -0.148. The van der Waals surface area contributed by atoms with E-state index in [4.69, 9.17) is 0 Å². The molecule has 1 saturated carbocycles. The Morgan fingerprint density at radius 3 is 2.21 bits per heavy atom. The molecule has 0 bridgehead atoms. The largest absolute Gasteiger partial charge is 0.481 e. The molecular formula is C15H25NO3. The first-order chi connectivity index (χ1) is 9.08. The predicted molar refractivity (Wildman–Crippen MR) is 72.7 cm³/mol. The number of rotatable bonds is 2. The minimum absolute atomic E-state index is 0.141. The van der Waals surface area contributed by atoms with Gasteiger partial charge in [-0.25, -0.2) is 0 Å². The summed E-state index contributed by atoms with van der Waals surface area (Å²) in [6.07, 6.45) is 7.42. The van der Waals surface area contributed by atoms with Gasteiger partial charge in [0.05, 0.1) is 5.92 Å². The van der Waals surface area contributed by atoms with Crippen molar-refractivity contribution in [2.45, 2.75) is 51.9 Å². The lowest BCUT2D eigenvalue weighted by Gasteiger charge is -2.36. The van der Waals surface area contributed by atoms with E-state index in [0.717, 1.165) is 32.2 Å². The molecule has 4 heteroatoms. The van der Waals surface area contributed by atoms with Gasteiger partial charge in [-0.1, -0.05) is 32.6 Å². The number of hydrogen-bond acceptors (Lipinski definition) is 2. The fourth-order valence-corrected chi connectivity index (χ4v) is 3.49. The van der Waals surface area contributed by atoms with E-state index in [1.807, 2.05) is 11.8 Å². The Labute approximate surface area is 115 Å². The highest BCUT2D eigenvalue weighted by atomic mass is 16.4. The predicted octanol–water partition coefficient (Wildman–Crippen LogP) is 2.53. The first-order valence-corrected chi connectivity index (χ1v) is 7.59. The van der Waals surface area contributed by atoms with Gasteiger partial charge in [0.1, 0.15) is 0 Å². The lowest BCUT2D eigenvalue weighted by Crippen LogP contribution is -2.47. The van der Waals surface area contributed by atoms with Crippen LogP contribution >= 0.6 is 0 Å². The van der Waals surface area contributed by atoms with Crippen LogP contribution in [0.25, 0.3) is 0 Å². The Morgan fingerprint density at radius 2 is 1.63 bits per heavy atom. The molecule has 108 valence electrons. The number of carboxylic acid groups (broad SMARTS) is 1. The second-order valence-electron chi connectivity index (χ2n) is 6.31. The van der Waals surface area contributed by atoms with Crippen molar-refractivity contribution in [3.8, 4) is 0 Å². The van der Waals surface area contributed by atoms with E-state index >= 15 is 0 Å². The van der Waals surface area contributed by atoms with Crippen LogP contribution in [0.15, 0.2) is 0 Å². The van der Waals surface area contributed by atoms with Crippen molar-refractivity contribution in [3.05, 3.63) is 0 Å². The molecule has 0 spiro atoms. The van der Waals surface area contributed by atoms with Crippen LogP contribution < -0.4 is 0 Å². The monoisotopic (exact) mass is 267 g/mol. The van der Waals surface area contributed by atoms with E-state index in [9.17, 15) is 14.7 Å². The summed E-state index contributed by atoms with van der Waals surface area (Å²) in [6.45, 7) is 3.19. The van der Waals surface area contributed by atoms with Crippen molar-refractivity contribution in [2.75, 3.05) is 13.1 Å². The highest BCUT2D eigenvalue weighted by Gasteiger charge is 2.34. The molecule has 1 aliphatic carbocycles. The molecule has 0 aromatic rings. The second kappa shape index (κ2) is 6.40. The van der Waals surface area contributed by atoms with E-state index in [1.165, 1.54) is 12.8 Å². The summed E-state index contributed by atoms with van der Waals surface area (Å²) in [5, 5.41) is 9.17. The van der Waals surface area contributed by atoms with Gasteiger partial charge in [-0.15, -0.1) is 0 Å². The Hall–Kier alpha value is -1.06. The molecule has 4 nitrogen and oxygen atoms in total. The summed E-state index contributed by atoms with van der Waals surface area (Å²) >= 11 is 0. The third-order valence-corrected chi connectivity index (χ3v) is 4.53. The van der Waals surface area contributed by atoms with Gasteiger partial charge in [-0.3, -0.25) is 9.59 Å². The standard InChI is InChI=1S/C15H25NO3/c1-11-8-13(15(18)19)10-16(9-11)14(17)12-6-4-2-3-5-7-12/h11-13H,2-10H2,1H3,(H,18,19). The normalized spacial score (nSPS) is 29.8. The van der Waals surface area contributed by atoms with Gasteiger partial charge in [0.2, 0.25) is 5.91 Å². The van der Waals surface area contributed by atoms with Gasteiger partial charge < -0.3 is 10.0 Å². The third kappa shape index (κ3) is 3.71. The second-order valence-corrected chi connectivity index (χ2v) is 6.31. The minimum atomic E-state index is -0.759. The van der Waals surface area contributed by atoms with E-state index in [-0.39, 0.29) is 17.7 Å². The average Bonchev–Trinajstić information content (AvgIpc) is 2.65. The molecule has 0 aromatic heterocycles. The highest BCUT2D eigenvalue weighted by molar-refractivity contribution is 5.80. The van der Waals surface area contributed by atoms with Crippen molar-refractivity contribution in [2.24, 2.45) is 17.8 Å². The lowest BCUT2D eigenvalue weighted by atomic mass is 9.88. The minimum Gasteiger partial charge on any atom is -0.481 e. The van der Waals surface area contributed by atoms with E-state index in [2.05, 4.69) is 0 Å². The number of carboxylic acids is 1. The fraction of sp³-hybridized carbons (Fsp3) is 0.867. The van der Waals surface area contributed by atoms with Gasteiger partial charge >= 0.3 is 5.97 Å². The van der Waals surface area contributed by atoms with Crippen LogP contribution in [-0.4, -0.2) is 35.0 Å². The van der Waals surface area contributed by atoms with Crippen LogP contribution in [0.3, 0.4) is 0 Å². The number of nitrogens with zero attached hydrogens (tertiary/aromatic N) is 1. The van der Waals surface area contributed by atoms with Crippen LogP contribution in [0, 0.1) is 17.8 Å². The van der Waals surface area contributed by atoms with Crippen LogP contribution in [0.5, 0.6) is 0 Å². The van der Waals surface area contributed by atoms with Gasteiger partial charge in [-0.2, -0.15) is 0 Å². The molecule has 1 saturated heterocycles. The van der Waals surface area contributed by atoms with Crippen LogP contribution in [0.4, 0.5) is 0 Å². The summed E-state index contributed by atoms with van der Waals surface area (Å²) < 4.78 is 0. The molecule has 1 N–H and O–H groups in total. The summed E-state index contributed by atoms with van der Waals surface area (Å²) in [4.78, 5) is 25.5. The summed E-state index contributed by atoms with van der Waals surface area (Å²) in [5.41, 5.74) is 0. The zero-order valence-corrected chi connectivity index (χ0v) is 11.8. The molecule has 1 amide bonds. The third-order valence-electron chi connectivity index (χ3n) is 4.53. The SMILES string of the molecule is CC1CC(C(=O)O)CN(C(=O)C2CCCCCC2)C1. The maximum atomic E-state index is 12.6. The van der Waals surface area contributed by atoms with Crippen molar-refractivity contribution in [1.29, 1.82) is 0 Å². The molecule has 1 aliphatic heterocycles. The van der Waals surface area contributed by atoms with Crippen LogP contribution in [-0.2, 0) is 9.59 Å². The first kappa shape index (κ1) is 14.4. The molecule has 0 radical (unpaired) electrons. The smallest absolute Gasteiger partial charge is 0.308 e. The Balaban J connectivity index is 1.98. The summed E-state index contributed by atoms with van der Waals surface area (Å²) in [6, 6.07) is 0. The number of likely N-dealkylation sites (tertiary alicyclic amines) is 1. The van der Waals surface area contributed by atoms with Crippen LogP contribution in [0.1, 0.15) is 51.9 Å². The van der Waals surface area contributed by atoms with Gasteiger partial charge in [-0.05, 0) is 25.2 Å². The zero-order chi connectivity index (χ0) is 13.8. The first-order valence-electron chi connectivity index (χ1n) is 7.59. The van der Waals surface area contributed by atoms with Crippen molar-refractivity contribution >= 4 is 11.9 Å². The molecule has 2 unspecified atom stereocenters. The molecule has 19 heavy (non-hydrogen) atoms. The van der Waals surface area contributed by atoms with Crippen molar-refractivity contribution < 1.29 is 14.7 Å². The quantitative estimate of drug-likeness (QED) is 0.782. The zero-order valence-electron chi connectivity index (χ0n) is 11.8. The number of piperidine rings is 1. The number of carbonyl (C=O) groups excluding carboxylic acids is 1. The molecule has 2 fully saturated rings. The highest BCUT2D eigenvalue weighted by Crippen LogP contribution is 2.28. The maximum absolute atomic E-state index is 12.6. The van der Waals surface area contributed by atoms with Crippen molar-refractivity contribution in [1.82, 2.24) is 4.90 Å². The Morgan fingerprint density at radius 1 is 1.00 bits per heavy atom. The molecule has 0 aromatic carbocycles. The Bertz CT molecular complexity index is 334. The molecule has 2 aliphatic rings. The number of amides is 1. The molecule has 2 rings (SSSR count). The van der Waals surface area contributed by atoms with E-state index < -0.39 is 5.97 Å². The number of aliphatic carboxylic acids is 1. The average molecular weight is 267 g/mol. The van der Waals surface area contributed by atoms with Gasteiger partial charge in [0.25, 0.3) is 0 Å². The van der Waals surface area contributed by atoms with Gasteiger partial charge in [0.15, 0.2) is 0 Å². The Kier molecular flexibility index (Phi) is 4.83. The van der Waals surface area contributed by atoms with E-state index in [1.54, 1.807) is 0 Å². The van der Waals surface area contributed by atoms with Crippen molar-refractivity contribution in [3.63, 3.8) is 0 Å². The topological polar surface area (TPSA) is 57.6 Å². The van der Waals surface area contributed by atoms with Crippen LogP contribution in [0.2, 0.25) is 0 Å². The number of hydrogen-bond donors (Lipinski definition) is 1. The summed E-state index contributed by atoms with van der Waals surface area (Å²) in [7, 11) is 0. The molecule has 2 atom stereocenters. The number of carbonyl (C=O) groups is 2. The molecule has 1 heterocycles. The van der Waals surface area contributed by atoms with E-state index in [0.29, 0.717) is 18.9 Å².